The molecule has 2 aromatic carbocycles. The van der Waals surface area contributed by atoms with Crippen LogP contribution in [0.5, 0.6) is 11.5 Å². The number of amides is 2. The molecule has 31 heavy (non-hydrogen) atoms. The maximum atomic E-state index is 12.8. The number of nitrogens with one attached hydrogen (secondary N) is 2. The lowest BCUT2D eigenvalue weighted by Crippen LogP contribution is -2.28. The average molecular weight is 465 g/mol. The van der Waals surface area contributed by atoms with Crippen molar-refractivity contribution in [1.29, 1.82) is 0 Å². The number of hydrogen-bond donors (Lipinski definition) is 2. The first-order valence-corrected chi connectivity index (χ1v) is 12.2. The van der Waals surface area contributed by atoms with E-state index in [0.717, 1.165) is 4.90 Å². The van der Waals surface area contributed by atoms with E-state index in [1.54, 1.807) is 24.3 Å². The Kier molecular flexibility index (Phi) is 7.11. The number of anilines is 2. The minimum absolute atomic E-state index is 0.0638. The van der Waals surface area contributed by atoms with Crippen molar-refractivity contribution < 1.29 is 27.5 Å². The van der Waals surface area contributed by atoms with Crippen molar-refractivity contribution in [2.24, 2.45) is 0 Å². The average Bonchev–Trinajstić information content (AvgIpc) is 2.76. The number of sulfone groups is 1. The Labute approximate surface area is 185 Å². The molecule has 2 amide bonds. The fourth-order valence-corrected chi connectivity index (χ4v) is 5.35. The van der Waals surface area contributed by atoms with Crippen LogP contribution < -0.4 is 20.1 Å². The number of fused-ring (bicyclic) bond motifs is 1. The zero-order chi connectivity index (χ0) is 22.6. The molecule has 2 aromatic rings. The molecular weight excluding hydrogens is 440 g/mol. The third kappa shape index (κ3) is 5.31. The maximum absolute atomic E-state index is 12.8. The highest BCUT2D eigenvalue weighted by molar-refractivity contribution is 8.01. The Balaban J connectivity index is 1.69. The van der Waals surface area contributed by atoms with E-state index < -0.39 is 15.7 Å². The maximum Gasteiger partial charge on any atom is 0.237 e. The largest absolute Gasteiger partial charge is 0.497 e. The van der Waals surface area contributed by atoms with Crippen LogP contribution in [0.1, 0.15) is 19.8 Å². The number of thioether (sulfide) groups is 1. The molecule has 0 saturated carbocycles. The monoisotopic (exact) mass is 464 g/mol. The van der Waals surface area contributed by atoms with E-state index in [9.17, 15) is 18.0 Å². The molecule has 2 N–H and O–H groups in total. The predicted molar refractivity (Wildman–Crippen MR) is 120 cm³/mol. The number of benzene rings is 2. The Morgan fingerprint density at radius 2 is 1.94 bits per heavy atom. The lowest BCUT2D eigenvalue weighted by atomic mass is 10.2. The quantitative estimate of drug-likeness (QED) is 0.616. The van der Waals surface area contributed by atoms with Crippen molar-refractivity contribution in [2.45, 2.75) is 34.8 Å². The third-order valence-corrected chi connectivity index (χ3v) is 7.93. The van der Waals surface area contributed by atoms with E-state index in [1.807, 2.05) is 6.92 Å². The summed E-state index contributed by atoms with van der Waals surface area (Å²) in [6, 6.07) is 9.58. The lowest BCUT2D eigenvalue weighted by Gasteiger charge is -2.23. The zero-order valence-corrected chi connectivity index (χ0v) is 19.1. The number of hydrogen-bond acceptors (Lipinski definition) is 7. The summed E-state index contributed by atoms with van der Waals surface area (Å²) >= 11 is 1.42. The second-order valence-electron chi connectivity index (χ2n) is 6.85. The first kappa shape index (κ1) is 23.0. The highest BCUT2D eigenvalue weighted by atomic mass is 32.2. The normalized spacial score (nSPS) is 15.6. The van der Waals surface area contributed by atoms with Crippen molar-refractivity contribution in [2.75, 3.05) is 30.6 Å². The van der Waals surface area contributed by atoms with Gasteiger partial charge in [-0.15, -0.1) is 11.8 Å². The molecule has 0 spiro atoms. The van der Waals surface area contributed by atoms with Crippen LogP contribution in [0, 0.1) is 0 Å². The van der Waals surface area contributed by atoms with Gasteiger partial charge in [-0.05, 0) is 36.8 Å². The van der Waals surface area contributed by atoms with E-state index in [0.29, 0.717) is 29.3 Å². The second-order valence-corrected chi connectivity index (χ2v) is 10.2. The molecule has 1 atom stereocenters. The summed E-state index contributed by atoms with van der Waals surface area (Å²) in [5.41, 5.74) is 0.870. The van der Waals surface area contributed by atoms with Crippen molar-refractivity contribution in [3.63, 3.8) is 0 Å². The fourth-order valence-electron chi connectivity index (χ4n) is 3.06. The van der Waals surface area contributed by atoms with Crippen LogP contribution in [0.4, 0.5) is 11.4 Å². The Morgan fingerprint density at radius 3 is 2.61 bits per heavy atom. The van der Waals surface area contributed by atoms with E-state index in [-0.39, 0.29) is 28.2 Å². The van der Waals surface area contributed by atoms with Gasteiger partial charge in [0.15, 0.2) is 9.84 Å². The molecule has 0 saturated heterocycles. The van der Waals surface area contributed by atoms with Crippen molar-refractivity contribution in [3.8, 4) is 11.5 Å². The first-order chi connectivity index (χ1) is 14.8. The lowest BCUT2D eigenvalue weighted by molar-refractivity contribution is -0.116. The van der Waals surface area contributed by atoms with Gasteiger partial charge < -0.3 is 20.1 Å². The number of methoxy groups -OCH3 is 2. The van der Waals surface area contributed by atoms with Gasteiger partial charge >= 0.3 is 0 Å². The highest BCUT2D eigenvalue weighted by Gasteiger charge is 2.27. The van der Waals surface area contributed by atoms with E-state index in [2.05, 4.69) is 10.6 Å². The molecule has 0 bridgehead atoms. The van der Waals surface area contributed by atoms with Crippen molar-refractivity contribution >= 4 is 44.8 Å². The summed E-state index contributed by atoms with van der Waals surface area (Å²) in [7, 11) is -0.752. The summed E-state index contributed by atoms with van der Waals surface area (Å²) in [5, 5.41) is 5.24. The molecule has 0 aliphatic carbocycles. The molecule has 1 aliphatic heterocycles. The van der Waals surface area contributed by atoms with Crippen LogP contribution in [0.3, 0.4) is 0 Å². The van der Waals surface area contributed by atoms with Gasteiger partial charge in [0.1, 0.15) is 11.5 Å². The van der Waals surface area contributed by atoms with E-state index >= 15 is 0 Å². The van der Waals surface area contributed by atoms with Gasteiger partial charge in [-0.3, -0.25) is 9.59 Å². The summed E-state index contributed by atoms with van der Waals surface area (Å²) in [4.78, 5) is 25.3. The minimum atomic E-state index is -3.72. The number of rotatable bonds is 8. The third-order valence-electron chi connectivity index (χ3n) is 4.78. The van der Waals surface area contributed by atoms with E-state index in [1.165, 1.54) is 38.1 Å². The van der Waals surface area contributed by atoms with Gasteiger partial charge in [-0.25, -0.2) is 8.42 Å². The number of carbonyl (C=O) groups is 2. The molecule has 166 valence electrons. The van der Waals surface area contributed by atoms with Gasteiger partial charge in [0.2, 0.25) is 11.8 Å². The van der Waals surface area contributed by atoms with Crippen molar-refractivity contribution in [1.82, 2.24) is 0 Å². The Hall–Kier alpha value is -2.72. The fraction of sp³-hybridized carbons (Fsp3) is 0.333. The highest BCUT2D eigenvalue weighted by Crippen LogP contribution is 2.38. The van der Waals surface area contributed by atoms with Gasteiger partial charge in [-0.2, -0.15) is 0 Å². The Morgan fingerprint density at radius 1 is 1.16 bits per heavy atom. The van der Waals surface area contributed by atoms with Gasteiger partial charge in [-0.1, -0.05) is 6.92 Å². The van der Waals surface area contributed by atoms with Crippen LogP contribution in [0.2, 0.25) is 0 Å². The molecule has 0 aromatic heterocycles. The summed E-state index contributed by atoms with van der Waals surface area (Å²) in [5.74, 6) is -0.0139. The van der Waals surface area contributed by atoms with Crippen LogP contribution in [0.15, 0.2) is 46.2 Å². The van der Waals surface area contributed by atoms with E-state index in [4.69, 9.17) is 9.47 Å². The van der Waals surface area contributed by atoms with Gasteiger partial charge in [0.05, 0.1) is 41.5 Å². The van der Waals surface area contributed by atoms with Gasteiger partial charge in [0.25, 0.3) is 0 Å². The molecule has 10 heteroatoms. The minimum Gasteiger partial charge on any atom is -0.497 e. The molecule has 0 radical (unpaired) electrons. The summed E-state index contributed by atoms with van der Waals surface area (Å²) < 4.78 is 35.9. The number of ether oxygens (including phenoxy) is 2. The van der Waals surface area contributed by atoms with Crippen LogP contribution in [-0.4, -0.2) is 45.5 Å². The molecule has 3 rings (SSSR count). The van der Waals surface area contributed by atoms with Crippen LogP contribution in [-0.2, 0) is 19.4 Å². The predicted octanol–water partition coefficient (Wildman–Crippen LogP) is 3.33. The summed E-state index contributed by atoms with van der Waals surface area (Å²) in [6.07, 6.45) is 0.446. The number of carbonyl (C=O) groups excluding carboxylic acids is 2. The topological polar surface area (TPSA) is 111 Å². The second kappa shape index (κ2) is 9.61. The molecular formula is C21H24N2O6S2. The zero-order valence-electron chi connectivity index (χ0n) is 17.4. The standard InChI is InChI=1S/C21H24N2O6S2/c1-4-18-21(25)23-16-12-14(6-8-19(16)30-18)31(26,27)10-9-20(24)22-15-11-13(28-2)5-7-17(15)29-3/h5-8,11-12,18H,4,9-10H2,1-3H3,(H,22,24)(H,23,25). The molecule has 1 unspecified atom stereocenters. The molecule has 1 aliphatic rings. The SMILES string of the molecule is CCC1Sc2ccc(S(=O)(=O)CCC(=O)Nc3cc(OC)ccc3OC)cc2NC1=O. The van der Waals surface area contributed by atoms with Crippen molar-refractivity contribution in [3.05, 3.63) is 36.4 Å². The molecule has 0 fully saturated rings. The van der Waals surface area contributed by atoms with Crippen LogP contribution in [0.25, 0.3) is 0 Å². The molecule has 1 heterocycles. The first-order valence-electron chi connectivity index (χ1n) is 9.63. The Bertz CT molecular complexity index is 1100. The summed E-state index contributed by atoms with van der Waals surface area (Å²) in [6.45, 7) is 1.92. The molecule has 8 nitrogen and oxygen atoms in total. The van der Waals surface area contributed by atoms with Crippen LogP contribution >= 0.6 is 11.8 Å². The smallest absolute Gasteiger partial charge is 0.237 e. The van der Waals surface area contributed by atoms with Gasteiger partial charge in [0, 0.05) is 17.4 Å².